The van der Waals surface area contributed by atoms with E-state index >= 15 is 0 Å². The summed E-state index contributed by atoms with van der Waals surface area (Å²) in [6, 6.07) is 12.8. The minimum Gasteiger partial charge on any atom is -0.369 e. The highest BCUT2D eigenvalue weighted by Gasteiger charge is 2.04. The molecule has 0 saturated carbocycles. The van der Waals surface area contributed by atoms with Gasteiger partial charge in [-0.25, -0.2) is 14.4 Å². The lowest BCUT2D eigenvalue weighted by Crippen LogP contribution is -2.08. The quantitative estimate of drug-likeness (QED) is 0.791. The van der Waals surface area contributed by atoms with Crippen LogP contribution in [0, 0.1) is 12.7 Å². The van der Waals surface area contributed by atoms with E-state index in [-0.39, 0.29) is 5.82 Å². The van der Waals surface area contributed by atoms with Crippen molar-refractivity contribution in [2.45, 2.75) is 13.3 Å². The van der Waals surface area contributed by atoms with E-state index in [9.17, 15) is 4.39 Å². The second-order valence-electron chi connectivity index (χ2n) is 4.99. The second-order valence-corrected chi connectivity index (χ2v) is 4.99. The van der Waals surface area contributed by atoms with Crippen LogP contribution in [-0.2, 0) is 6.42 Å². The summed E-state index contributed by atoms with van der Waals surface area (Å²) in [6.45, 7) is 2.69. The molecule has 0 fully saturated rings. The van der Waals surface area contributed by atoms with Gasteiger partial charge in [-0.1, -0.05) is 18.2 Å². The van der Waals surface area contributed by atoms with E-state index < -0.39 is 0 Å². The molecule has 0 unspecified atom stereocenters. The molecule has 3 nitrogen and oxygen atoms in total. The van der Waals surface area contributed by atoms with Crippen molar-refractivity contribution in [3.63, 3.8) is 0 Å². The Morgan fingerprint density at radius 2 is 1.95 bits per heavy atom. The third-order valence-electron chi connectivity index (χ3n) is 3.54. The summed E-state index contributed by atoms with van der Waals surface area (Å²) in [4.78, 5) is 8.51. The summed E-state index contributed by atoms with van der Waals surface area (Å²) in [5.74, 6) is 0.623. The molecule has 0 aliphatic carbocycles. The largest absolute Gasteiger partial charge is 0.369 e. The minimum atomic E-state index is -0.192. The number of rotatable bonds is 4. The molecule has 0 saturated heterocycles. The first kappa shape index (κ1) is 13.5. The molecule has 106 valence electrons. The van der Waals surface area contributed by atoms with Gasteiger partial charge in [-0.2, -0.15) is 0 Å². The number of anilines is 1. The molecule has 0 amide bonds. The molecule has 1 N–H and O–H groups in total. The van der Waals surface area contributed by atoms with Gasteiger partial charge in [0.05, 0.1) is 5.52 Å². The number of nitrogens with one attached hydrogen (secondary N) is 1. The van der Waals surface area contributed by atoms with Gasteiger partial charge in [-0.05, 0) is 48.7 Å². The van der Waals surface area contributed by atoms with Crippen LogP contribution in [0.4, 0.5) is 10.2 Å². The van der Waals surface area contributed by atoms with Crippen LogP contribution in [0.25, 0.3) is 10.9 Å². The topological polar surface area (TPSA) is 37.8 Å². The summed E-state index contributed by atoms with van der Waals surface area (Å²) in [6.07, 6.45) is 2.31. The van der Waals surface area contributed by atoms with Gasteiger partial charge >= 0.3 is 0 Å². The fraction of sp³-hybridized carbons (Fsp3) is 0.176. The molecule has 2 aromatic carbocycles. The minimum absolute atomic E-state index is 0.192. The van der Waals surface area contributed by atoms with Crippen molar-refractivity contribution in [2.24, 2.45) is 0 Å². The first-order valence-corrected chi connectivity index (χ1v) is 6.93. The maximum Gasteiger partial charge on any atom is 0.137 e. The first-order valence-electron chi connectivity index (χ1n) is 6.93. The van der Waals surface area contributed by atoms with Gasteiger partial charge in [-0.3, -0.25) is 0 Å². The Balaban J connectivity index is 1.74. The maximum absolute atomic E-state index is 13.3. The normalized spacial score (nSPS) is 10.8. The van der Waals surface area contributed by atoms with E-state index in [0.29, 0.717) is 6.54 Å². The van der Waals surface area contributed by atoms with Crippen molar-refractivity contribution >= 4 is 16.7 Å². The van der Waals surface area contributed by atoms with Gasteiger partial charge in [0.15, 0.2) is 0 Å². The highest BCUT2D eigenvalue weighted by Crippen LogP contribution is 2.18. The van der Waals surface area contributed by atoms with Crippen LogP contribution >= 0.6 is 0 Å². The molecule has 0 atom stereocenters. The molecule has 1 heterocycles. The average molecular weight is 281 g/mol. The van der Waals surface area contributed by atoms with Crippen LogP contribution in [0.1, 0.15) is 11.1 Å². The number of aromatic nitrogens is 2. The summed E-state index contributed by atoms with van der Waals surface area (Å²) in [5.41, 5.74) is 3.03. The van der Waals surface area contributed by atoms with Crippen LogP contribution in [0.5, 0.6) is 0 Å². The molecule has 1 aromatic heterocycles. The summed E-state index contributed by atoms with van der Waals surface area (Å²) < 4.78 is 13.3. The van der Waals surface area contributed by atoms with Crippen LogP contribution in [0.15, 0.2) is 48.8 Å². The third kappa shape index (κ3) is 2.99. The SMILES string of the molecule is Cc1ccc(F)cc1CCNc1ncnc2ccccc12. The molecule has 0 radical (unpaired) electrons. The number of hydrogen-bond acceptors (Lipinski definition) is 3. The first-order chi connectivity index (χ1) is 10.2. The summed E-state index contributed by atoms with van der Waals surface area (Å²) >= 11 is 0. The van der Waals surface area contributed by atoms with Crippen LogP contribution in [0.2, 0.25) is 0 Å². The predicted molar refractivity (Wildman–Crippen MR) is 82.9 cm³/mol. The molecule has 3 aromatic rings. The smallest absolute Gasteiger partial charge is 0.137 e. The lowest BCUT2D eigenvalue weighted by atomic mass is 10.1. The zero-order chi connectivity index (χ0) is 14.7. The summed E-state index contributed by atoms with van der Waals surface area (Å²) in [7, 11) is 0. The number of hydrogen-bond donors (Lipinski definition) is 1. The Morgan fingerprint density at radius 3 is 2.86 bits per heavy atom. The molecule has 3 rings (SSSR count). The highest BCUT2D eigenvalue weighted by molar-refractivity contribution is 5.88. The fourth-order valence-corrected chi connectivity index (χ4v) is 2.37. The Hall–Kier alpha value is -2.49. The number of benzene rings is 2. The van der Waals surface area contributed by atoms with Crippen LogP contribution in [-0.4, -0.2) is 16.5 Å². The van der Waals surface area contributed by atoms with Gasteiger partial charge < -0.3 is 5.32 Å². The molecule has 0 aliphatic heterocycles. The second kappa shape index (κ2) is 5.87. The third-order valence-corrected chi connectivity index (χ3v) is 3.54. The van der Waals surface area contributed by atoms with Gasteiger partial charge in [0.2, 0.25) is 0 Å². The molecular weight excluding hydrogens is 265 g/mol. The summed E-state index contributed by atoms with van der Waals surface area (Å²) in [5, 5.41) is 4.31. The van der Waals surface area contributed by atoms with E-state index in [2.05, 4.69) is 15.3 Å². The zero-order valence-electron chi connectivity index (χ0n) is 11.8. The number of halogens is 1. The van der Waals surface area contributed by atoms with Crippen molar-refractivity contribution < 1.29 is 4.39 Å². The van der Waals surface area contributed by atoms with Crippen LogP contribution in [0.3, 0.4) is 0 Å². The van der Waals surface area contributed by atoms with Gasteiger partial charge in [-0.15, -0.1) is 0 Å². The van der Waals surface area contributed by atoms with Crippen molar-refractivity contribution in [3.05, 3.63) is 65.7 Å². The van der Waals surface area contributed by atoms with Gasteiger partial charge in [0, 0.05) is 11.9 Å². The Morgan fingerprint density at radius 1 is 1.10 bits per heavy atom. The fourth-order valence-electron chi connectivity index (χ4n) is 2.37. The van der Waals surface area contributed by atoms with E-state index in [1.807, 2.05) is 37.3 Å². The number of aryl methyl sites for hydroxylation is 1. The molecule has 0 spiro atoms. The molecule has 0 bridgehead atoms. The zero-order valence-corrected chi connectivity index (χ0v) is 11.8. The monoisotopic (exact) mass is 281 g/mol. The van der Waals surface area contributed by atoms with Crippen molar-refractivity contribution in [1.29, 1.82) is 0 Å². The molecular formula is C17H16FN3. The van der Waals surface area contributed by atoms with Gasteiger partial charge in [0.1, 0.15) is 18.0 Å². The predicted octanol–water partition coefficient (Wildman–Crippen LogP) is 3.73. The van der Waals surface area contributed by atoms with Crippen LogP contribution < -0.4 is 5.32 Å². The Labute approximate surface area is 122 Å². The number of nitrogens with zero attached hydrogens (tertiary/aromatic N) is 2. The maximum atomic E-state index is 13.3. The van der Waals surface area contributed by atoms with E-state index in [4.69, 9.17) is 0 Å². The van der Waals surface area contributed by atoms with Crippen molar-refractivity contribution in [2.75, 3.05) is 11.9 Å². The van der Waals surface area contributed by atoms with E-state index in [0.717, 1.165) is 34.3 Å². The number of fused-ring (bicyclic) bond motifs is 1. The lowest BCUT2D eigenvalue weighted by Gasteiger charge is -2.09. The van der Waals surface area contributed by atoms with E-state index in [1.54, 1.807) is 12.4 Å². The Kier molecular flexibility index (Phi) is 3.77. The number of para-hydroxylation sites is 1. The molecule has 0 aliphatic rings. The van der Waals surface area contributed by atoms with Crippen molar-refractivity contribution in [3.8, 4) is 0 Å². The molecule has 4 heteroatoms. The lowest BCUT2D eigenvalue weighted by molar-refractivity contribution is 0.625. The molecule has 21 heavy (non-hydrogen) atoms. The van der Waals surface area contributed by atoms with Crippen molar-refractivity contribution in [1.82, 2.24) is 9.97 Å². The Bertz CT molecular complexity index is 766. The highest BCUT2D eigenvalue weighted by atomic mass is 19.1. The van der Waals surface area contributed by atoms with E-state index in [1.165, 1.54) is 6.07 Å². The standard InChI is InChI=1S/C17H16FN3/c1-12-6-7-14(18)10-13(12)8-9-19-17-15-4-2-3-5-16(15)20-11-21-17/h2-7,10-11H,8-9H2,1H3,(H,19,20,21). The average Bonchev–Trinajstić information content (AvgIpc) is 2.51. The van der Waals surface area contributed by atoms with Gasteiger partial charge in [0.25, 0.3) is 0 Å².